The molecule has 2 aromatic rings. The molecule has 0 radical (unpaired) electrons. The largest absolute Gasteiger partial charge is 0.497 e. The minimum Gasteiger partial charge on any atom is -0.497 e. The molecular formula is C21H24N2O3. The van der Waals surface area contributed by atoms with E-state index in [4.69, 9.17) is 4.74 Å². The Labute approximate surface area is 154 Å². The first-order valence-electron chi connectivity index (χ1n) is 8.64. The Balaban J connectivity index is 2.21. The van der Waals surface area contributed by atoms with Crippen LogP contribution in [-0.4, -0.2) is 25.5 Å². The van der Waals surface area contributed by atoms with Crippen LogP contribution in [-0.2, 0) is 4.79 Å². The molecule has 0 aliphatic heterocycles. The lowest BCUT2D eigenvalue weighted by molar-refractivity contribution is -0.117. The van der Waals surface area contributed by atoms with Crippen molar-refractivity contribution in [2.45, 2.75) is 19.8 Å². The van der Waals surface area contributed by atoms with E-state index >= 15 is 0 Å². The summed E-state index contributed by atoms with van der Waals surface area (Å²) in [6, 6.07) is 16.1. The van der Waals surface area contributed by atoms with Crippen molar-refractivity contribution < 1.29 is 14.3 Å². The summed E-state index contributed by atoms with van der Waals surface area (Å²) >= 11 is 0. The van der Waals surface area contributed by atoms with Gasteiger partial charge < -0.3 is 15.4 Å². The van der Waals surface area contributed by atoms with Crippen molar-refractivity contribution in [2.24, 2.45) is 0 Å². The molecule has 0 aliphatic rings. The van der Waals surface area contributed by atoms with Crippen molar-refractivity contribution in [1.82, 2.24) is 10.6 Å². The molecule has 0 atom stereocenters. The van der Waals surface area contributed by atoms with Crippen LogP contribution in [0.5, 0.6) is 5.75 Å². The average Bonchev–Trinajstić information content (AvgIpc) is 2.68. The molecule has 0 bridgehead atoms. The number of amides is 2. The summed E-state index contributed by atoms with van der Waals surface area (Å²) in [5.41, 5.74) is 1.49. The number of carbonyl (C=O) groups is 2. The fourth-order valence-electron chi connectivity index (χ4n) is 2.28. The Morgan fingerprint density at radius 2 is 1.73 bits per heavy atom. The van der Waals surface area contributed by atoms with Crippen LogP contribution in [0.15, 0.2) is 60.3 Å². The number of methoxy groups -OCH3 is 1. The summed E-state index contributed by atoms with van der Waals surface area (Å²) in [7, 11) is 1.59. The third kappa shape index (κ3) is 5.77. The topological polar surface area (TPSA) is 67.4 Å². The van der Waals surface area contributed by atoms with Gasteiger partial charge in [-0.25, -0.2) is 0 Å². The van der Waals surface area contributed by atoms with Gasteiger partial charge in [-0.2, -0.15) is 0 Å². The lowest BCUT2D eigenvalue weighted by Crippen LogP contribution is -2.35. The van der Waals surface area contributed by atoms with Crippen LogP contribution in [0.2, 0.25) is 0 Å². The summed E-state index contributed by atoms with van der Waals surface area (Å²) in [5, 5.41) is 5.55. The van der Waals surface area contributed by atoms with Crippen LogP contribution in [0.25, 0.3) is 6.08 Å². The highest BCUT2D eigenvalue weighted by Gasteiger charge is 2.14. The quantitative estimate of drug-likeness (QED) is 0.565. The molecule has 2 amide bonds. The Morgan fingerprint density at radius 1 is 1.04 bits per heavy atom. The first-order valence-corrected chi connectivity index (χ1v) is 8.64. The molecule has 0 unspecified atom stereocenters. The summed E-state index contributed by atoms with van der Waals surface area (Å²) < 4.78 is 5.14. The van der Waals surface area contributed by atoms with E-state index in [-0.39, 0.29) is 17.5 Å². The maximum Gasteiger partial charge on any atom is 0.267 e. The van der Waals surface area contributed by atoms with Crippen LogP contribution in [0.3, 0.4) is 0 Å². The highest BCUT2D eigenvalue weighted by atomic mass is 16.5. The van der Waals surface area contributed by atoms with Crippen molar-refractivity contribution >= 4 is 17.9 Å². The predicted octanol–water partition coefficient (Wildman–Crippen LogP) is 3.38. The van der Waals surface area contributed by atoms with Gasteiger partial charge in [0.2, 0.25) is 0 Å². The van der Waals surface area contributed by atoms with E-state index in [2.05, 4.69) is 17.6 Å². The highest BCUT2D eigenvalue weighted by molar-refractivity contribution is 6.05. The zero-order valence-electron chi connectivity index (χ0n) is 15.1. The molecule has 0 spiro atoms. The number of unbranched alkanes of at least 4 members (excludes halogenated alkanes) is 1. The van der Waals surface area contributed by atoms with E-state index in [1.165, 1.54) is 0 Å². The number of nitrogens with one attached hydrogen (secondary N) is 2. The average molecular weight is 352 g/mol. The minimum absolute atomic E-state index is 0.208. The third-order valence-electron chi connectivity index (χ3n) is 3.77. The summed E-state index contributed by atoms with van der Waals surface area (Å²) in [6.45, 7) is 2.62. The molecule has 26 heavy (non-hydrogen) atoms. The lowest BCUT2D eigenvalue weighted by atomic mass is 10.1. The number of carbonyl (C=O) groups excluding carboxylic acids is 2. The van der Waals surface area contributed by atoms with Crippen molar-refractivity contribution in [2.75, 3.05) is 13.7 Å². The molecule has 0 saturated heterocycles. The van der Waals surface area contributed by atoms with Crippen molar-refractivity contribution in [3.63, 3.8) is 0 Å². The van der Waals surface area contributed by atoms with Crippen molar-refractivity contribution in [1.29, 1.82) is 0 Å². The summed E-state index contributed by atoms with van der Waals surface area (Å²) in [5.74, 6) is 0.0963. The maximum absolute atomic E-state index is 12.5. The van der Waals surface area contributed by atoms with Crippen LogP contribution in [0.1, 0.15) is 35.7 Å². The SMILES string of the molecule is CCCCNC(=O)/C(=C\c1ccc(OC)cc1)NC(=O)c1ccccc1. The van der Waals surface area contributed by atoms with E-state index in [1.807, 2.05) is 18.2 Å². The van der Waals surface area contributed by atoms with Gasteiger partial charge in [0.15, 0.2) is 0 Å². The molecule has 0 saturated carbocycles. The Morgan fingerprint density at radius 3 is 2.35 bits per heavy atom. The van der Waals surface area contributed by atoms with Crippen molar-refractivity contribution in [3.05, 3.63) is 71.4 Å². The fourth-order valence-corrected chi connectivity index (χ4v) is 2.28. The van der Waals surface area contributed by atoms with Crippen LogP contribution < -0.4 is 15.4 Å². The number of benzene rings is 2. The van der Waals surface area contributed by atoms with Gasteiger partial charge in [0, 0.05) is 12.1 Å². The van der Waals surface area contributed by atoms with Gasteiger partial charge in [0.25, 0.3) is 11.8 Å². The van der Waals surface area contributed by atoms with Crippen LogP contribution in [0, 0.1) is 0 Å². The standard InChI is InChI=1S/C21H24N2O3/c1-3-4-14-22-21(25)19(15-16-10-12-18(26-2)13-11-16)23-20(24)17-8-6-5-7-9-17/h5-13,15H,3-4,14H2,1-2H3,(H,22,25)(H,23,24)/b19-15+. The van der Waals surface area contributed by atoms with Gasteiger partial charge in [0.05, 0.1) is 7.11 Å². The molecule has 2 N–H and O–H groups in total. The van der Waals surface area contributed by atoms with Gasteiger partial charge >= 0.3 is 0 Å². The first kappa shape index (κ1) is 19.2. The van der Waals surface area contributed by atoms with Gasteiger partial charge in [-0.1, -0.05) is 43.7 Å². The molecule has 0 fully saturated rings. The Hall–Kier alpha value is -3.08. The lowest BCUT2D eigenvalue weighted by Gasteiger charge is -2.11. The fraction of sp³-hybridized carbons (Fsp3) is 0.238. The van der Waals surface area contributed by atoms with E-state index < -0.39 is 0 Å². The molecule has 0 heterocycles. The van der Waals surface area contributed by atoms with Gasteiger partial charge in [-0.05, 0) is 42.3 Å². The van der Waals surface area contributed by atoms with Crippen LogP contribution in [0.4, 0.5) is 0 Å². The smallest absolute Gasteiger partial charge is 0.267 e. The maximum atomic E-state index is 12.5. The van der Waals surface area contributed by atoms with Gasteiger partial charge in [-0.15, -0.1) is 0 Å². The van der Waals surface area contributed by atoms with E-state index in [1.54, 1.807) is 49.6 Å². The molecule has 136 valence electrons. The molecule has 5 nitrogen and oxygen atoms in total. The molecular weight excluding hydrogens is 328 g/mol. The zero-order valence-corrected chi connectivity index (χ0v) is 15.1. The molecule has 2 rings (SSSR count). The summed E-state index contributed by atoms with van der Waals surface area (Å²) in [4.78, 5) is 24.9. The highest BCUT2D eigenvalue weighted by Crippen LogP contribution is 2.14. The zero-order chi connectivity index (χ0) is 18.8. The Bertz CT molecular complexity index is 753. The molecule has 2 aromatic carbocycles. The number of rotatable bonds is 8. The molecule has 5 heteroatoms. The first-order chi connectivity index (χ1) is 12.6. The number of ether oxygens (including phenoxy) is 1. The van der Waals surface area contributed by atoms with E-state index in [0.29, 0.717) is 12.1 Å². The number of hydrogen-bond donors (Lipinski definition) is 2. The second-order valence-electron chi connectivity index (χ2n) is 5.76. The molecule has 0 aliphatic carbocycles. The van der Waals surface area contributed by atoms with E-state index in [0.717, 1.165) is 24.2 Å². The monoisotopic (exact) mass is 352 g/mol. The number of hydrogen-bond acceptors (Lipinski definition) is 3. The normalized spacial score (nSPS) is 10.9. The summed E-state index contributed by atoms with van der Waals surface area (Å²) in [6.07, 6.45) is 3.52. The Kier molecular flexibility index (Phi) is 7.43. The predicted molar refractivity (Wildman–Crippen MR) is 103 cm³/mol. The van der Waals surface area contributed by atoms with Gasteiger partial charge in [-0.3, -0.25) is 9.59 Å². The minimum atomic E-state index is -0.323. The van der Waals surface area contributed by atoms with Crippen LogP contribution >= 0.6 is 0 Å². The second-order valence-corrected chi connectivity index (χ2v) is 5.76. The second kappa shape index (κ2) is 10.0. The van der Waals surface area contributed by atoms with Crippen molar-refractivity contribution in [3.8, 4) is 5.75 Å². The van der Waals surface area contributed by atoms with Gasteiger partial charge in [0.1, 0.15) is 11.4 Å². The third-order valence-corrected chi connectivity index (χ3v) is 3.77. The van der Waals surface area contributed by atoms with E-state index in [9.17, 15) is 9.59 Å². The molecule has 0 aromatic heterocycles.